The minimum Gasteiger partial charge on any atom is -0.323 e. The van der Waals surface area contributed by atoms with Gasteiger partial charge in [0.1, 0.15) is 0 Å². The summed E-state index contributed by atoms with van der Waals surface area (Å²) in [5.41, 5.74) is 6.09. The molecule has 1 aliphatic carbocycles. The molecular weight excluding hydrogens is 328 g/mol. The first kappa shape index (κ1) is 16.8. The molecule has 1 aliphatic heterocycles. The molecule has 0 unspecified atom stereocenters. The van der Waals surface area contributed by atoms with Crippen LogP contribution < -0.4 is 10.2 Å². The largest absolute Gasteiger partial charge is 0.323 e. The molecule has 2 aliphatic rings. The molecule has 6 nitrogen and oxygen atoms in total. The molecule has 0 radical (unpaired) electrons. The Morgan fingerprint density at radius 1 is 1.23 bits per heavy atom. The Kier molecular flexibility index (Phi) is 4.05. The molecule has 1 fully saturated rings. The number of anilines is 2. The maximum atomic E-state index is 12.7. The summed E-state index contributed by atoms with van der Waals surface area (Å²) < 4.78 is 1.75. The number of aromatic nitrogens is 2. The highest BCUT2D eigenvalue weighted by Crippen LogP contribution is 2.31. The van der Waals surface area contributed by atoms with Gasteiger partial charge in [-0.1, -0.05) is 6.07 Å². The van der Waals surface area contributed by atoms with Gasteiger partial charge in [0.25, 0.3) is 0 Å². The molecule has 2 heterocycles. The molecule has 2 amide bonds. The van der Waals surface area contributed by atoms with Gasteiger partial charge in [0.05, 0.1) is 23.0 Å². The first-order valence-corrected chi connectivity index (χ1v) is 9.17. The Bertz CT molecular complexity index is 899. The zero-order valence-corrected chi connectivity index (χ0v) is 15.5. The number of hydrogen-bond acceptors (Lipinski definition) is 3. The van der Waals surface area contributed by atoms with E-state index in [1.54, 1.807) is 9.58 Å². The van der Waals surface area contributed by atoms with Gasteiger partial charge in [-0.3, -0.25) is 14.3 Å². The Balaban J connectivity index is 1.50. The topological polar surface area (TPSA) is 67.2 Å². The van der Waals surface area contributed by atoms with E-state index >= 15 is 0 Å². The summed E-state index contributed by atoms with van der Waals surface area (Å²) in [6, 6.07) is 6.26. The number of nitrogens with zero attached hydrogens (tertiary/aromatic N) is 3. The van der Waals surface area contributed by atoms with Crippen LogP contribution in [-0.4, -0.2) is 28.1 Å². The maximum Gasteiger partial charge on any atom is 0.229 e. The normalized spacial score (nSPS) is 19.1. The smallest absolute Gasteiger partial charge is 0.229 e. The molecule has 2 aromatic rings. The summed E-state index contributed by atoms with van der Waals surface area (Å²) in [6.07, 6.45) is 3.63. The highest BCUT2D eigenvalue weighted by Gasteiger charge is 2.36. The number of carbonyl (C=O) groups excluding carboxylic acids is 2. The molecule has 1 aromatic carbocycles. The summed E-state index contributed by atoms with van der Waals surface area (Å²) in [6.45, 7) is 4.23. The van der Waals surface area contributed by atoms with Crippen molar-refractivity contribution in [2.45, 2.75) is 39.5 Å². The number of fused-ring (bicyclic) bond motifs is 1. The first-order valence-electron chi connectivity index (χ1n) is 9.17. The van der Waals surface area contributed by atoms with Gasteiger partial charge < -0.3 is 10.2 Å². The second-order valence-electron chi connectivity index (χ2n) is 7.37. The van der Waals surface area contributed by atoms with E-state index < -0.39 is 0 Å². The van der Waals surface area contributed by atoms with Crippen molar-refractivity contribution in [1.82, 2.24) is 9.78 Å². The lowest BCUT2D eigenvalue weighted by molar-refractivity contribution is -0.122. The van der Waals surface area contributed by atoms with Crippen molar-refractivity contribution in [2.75, 3.05) is 16.8 Å². The Morgan fingerprint density at radius 2 is 2.00 bits per heavy atom. The molecule has 1 aromatic heterocycles. The molecule has 1 atom stereocenters. The van der Waals surface area contributed by atoms with Crippen LogP contribution in [0.15, 0.2) is 18.2 Å². The molecule has 136 valence electrons. The van der Waals surface area contributed by atoms with Crippen LogP contribution in [0, 0.1) is 19.8 Å². The van der Waals surface area contributed by atoms with Crippen LogP contribution in [0.3, 0.4) is 0 Å². The van der Waals surface area contributed by atoms with Crippen LogP contribution in [-0.2, 0) is 29.5 Å². The van der Waals surface area contributed by atoms with E-state index in [1.165, 1.54) is 17.5 Å². The average molecular weight is 352 g/mol. The van der Waals surface area contributed by atoms with Crippen molar-refractivity contribution in [3.63, 3.8) is 0 Å². The van der Waals surface area contributed by atoms with Crippen LogP contribution in [0.25, 0.3) is 0 Å². The van der Waals surface area contributed by atoms with E-state index in [2.05, 4.69) is 22.5 Å². The molecular formula is C20H24N4O2. The molecule has 1 saturated heterocycles. The van der Waals surface area contributed by atoms with Crippen LogP contribution in [0.4, 0.5) is 11.4 Å². The van der Waals surface area contributed by atoms with Crippen molar-refractivity contribution in [3.8, 4) is 0 Å². The van der Waals surface area contributed by atoms with Crippen molar-refractivity contribution in [2.24, 2.45) is 13.0 Å². The number of benzene rings is 1. The van der Waals surface area contributed by atoms with Gasteiger partial charge in [-0.25, -0.2) is 0 Å². The lowest BCUT2D eigenvalue weighted by Crippen LogP contribution is -2.28. The highest BCUT2D eigenvalue weighted by atomic mass is 16.2. The van der Waals surface area contributed by atoms with Crippen LogP contribution >= 0.6 is 0 Å². The fourth-order valence-corrected chi connectivity index (χ4v) is 4.04. The molecule has 4 rings (SSSR count). The number of nitrogens with one attached hydrogen (secondary N) is 1. The molecule has 26 heavy (non-hydrogen) atoms. The van der Waals surface area contributed by atoms with E-state index in [0.29, 0.717) is 6.54 Å². The Morgan fingerprint density at radius 3 is 2.73 bits per heavy atom. The van der Waals surface area contributed by atoms with E-state index in [1.807, 2.05) is 27.0 Å². The summed E-state index contributed by atoms with van der Waals surface area (Å²) in [5, 5.41) is 7.30. The second-order valence-corrected chi connectivity index (χ2v) is 7.37. The third kappa shape index (κ3) is 2.79. The monoisotopic (exact) mass is 352 g/mol. The van der Waals surface area contributed by atoms with Crippen LogP contribution in [0.5, 0.6) is 0 Å². The number of amides is 2. The van der Waals surface area contributed by atoms with Gasteiger partial charge >= 0.3 is 0 Å². The highest BCUT2D eigenvalue weighted by molar-refractivity contribution is 6.03. The fraction of sp³-hybridized carbons (Fsp3) is 0.450. The van der Waals surface area contributed by atoms with Crippen molar-refractivity contribution in [1.29, 1.82) is 0 Å². The summed E-state index contributed by atoms with van der Waals surface area (Å²) >= 11 is 0. The van der Waals surface area contributed by atoms with Gasteiger partial charge in [0.2, 0.25) is 11.8 Å². The van der Waals surface area contributed by atoms with Gasteiger partial charge in [-0.15, -0.1) is 0 Å². The molecule has 0 bridgehead atoms. The Hall–Kier alpha value is -2.63. The zero-order valence-electron chi connectivity index (χ0n) is 15.5. The maximum absolute atomic E-state index is 12.7. The number of rotatable bonds is 3. The minimum atomic E-state index is -0.338. The standard InChI is InChI=1S/C20H24N4O2/c1-12-19(13(2)23(3)22-12)21-20(26)16-10-18(25)24(11-16)17-8-7-14-5-4-6-15(14)9-17/h7-9,16H,4-6,10-11H2,1-3H3,(H,21,26)/t16-/m1/s1. The summed E-state index contributed by atoms with van der Waals surface area (Å²) in [5.74, 6) is -0.432. The predicted molar refractivity (Wildman–Crippen MR) is 100 cm³/mol. The van der Waals surface area contributed by atoms with Gasteiger partial charge in [-0.05, 0) is 56.4 Å². The van der Waals surface area contributed by atoms with E-state index in [-0.39, 0.29) is 24.2 Å². The number of hydrogen-bond donors (Lipinski definition) is 1. The molecule has 1 N–H and O–H groups in total. The van der Waals surface area contributed by atoms with Crippen LogP contribution in [0.1, 0.15) is 35.4 Å². The molecule has 0 saturated carbocycles. The predicted octanol–water partition coefficient (Wildman–Crippen LogP) is 2.52. The minimum absolute atomic E-state index is 0.0164. The average Bonchev–Trinajstić information content (AvgIpc) is 3.29. The van der Waals surface area contributed by atoms with Crippen LogP contribution in [0.2, 0.25) is 0 Å². The second kappa shape index (κ2) is 6.27. The van der Waals surface area contributed by atoms with Gasteiger partial charge in [-0.2, -0.15) is 5.10 Å². The summed E-state index contributed by atoms with van der Waals surface area (Å²) in [7, 11) is 1.85. The number of carbonyl (C=O) groups is 2. The zero-order chi connectivity index (χ0) is 18.4. The molecule has 0 spiro atoms. The molecule has 6 heteroatoms. The number of aryl methyl sites for hydroxylation is 4. The fourth-order valence-electron chi connectivity index (χ4n) is 4.04. The quantitative estimate of drug-likeness (QED) is 0.923. The van der Waals surface area contributed by atoms with Crippen molar-refractivity contribution in [3.05, 3.63) is 40.7 Å². The van der Waals surface area contributed by atoms with Gasteiger partial charge in [0.15, 0.2) is 0 Å². The van der Waals surface area contributed by atoms with E-state index in [4.69, 9.17) is 0 Å². The Labute approximate surface area is 153 Å². The summed E-state index contributed by atoms with van der Waals surface area (Å²) in [4.78, 5) is 27.0. The van der Waals surface area contributed by atoms with E-state index in [0.717, 1.165) is 35.6 Å². The first-order chi connectivity index (χ1) is 12.4. The van der Waals surface area contributed by atoms with Crippen molar-refractivity contribution >= 4 is 23.2 Å². The third-order valence-corrected chi connectivity index (χ3v) is 5.65. The lowest BCUT2D eigenvalue weighted by Gasteiger charge is -2.18. The van der Waals surface area contributed by atoms with E-state index in [9.17, 15) is 9.59 Å². The third-order valence-electron chi connectivity index (χ3n) is 5.65. The van der Waals surface area contributed by atoms with Gasteiger partial charge in [0, 0.05) is 25.7 Å². The van der Waals surface area contributed by atoms with Crippen molar-refractivity contribution < 1.29 is 9.59 Å². The SMILES string of the molecule is Cc1nn(C)c(C)c1NC(=O)[C@@H]1CC(=O)N(c2ccc3c(c2)CCC3)C1. The lowest BCUT2D eigenvalue weighted by atomic mass is 10.1.